The molecule has 5 aromatic rings. The molecule has 37 heavy (non-hydrogen) atoms. The summed E-state index contributed by atoms with van der Waals surface area (Å²) in [5.41, 5.74) is 5.93. The van der Waals surface area contributed by atoms with Crippen molar-refractivity contribution < 1.29 is 18.3 Å². The van der Waals surface area contributed by atoms with Crippen LogP contribution >= 0.6 is 11.6 Å². The van der Waals surface area contributed by atoms with Crippen LogP contribution in [0.4, 0.5) is 20.3 Å². The largest absolute Gasteiger partial charge is 0.453 e. The van der Waals surface area contributed by atoms with Gasteiger partial charge < -0.3 is 20.4 Å². The normalized spacial score (nSPS) is 11.0. The van der Waals surface area contributed by atoms with E-state index in [0.717, 1.165) is 6.07 Å². The maximum Gasteiger partial charge on any atom is 0.269 e. The number of fused-ring (bicyclic) bond motifs is 1. The van der Waals surface area contributed by atoms with Crippen molar-refractivity contribution in [3.63, 3.8) is 0 Å². The van der Waals surface area contributed by atoms with Crippen molar-refractivity contribution in [1.82, 2.24) is 19.1 Å². The van der Waals surface area contributed by atoms with E-state index in [9.17, 15) is 18.4 Å². The van der Waals surface area contributed by atoms with Crippen LogP contribution in [0.1, 0.15) is 10.4 Å². The maximum atomic E-state index is 14.8. The molecular formula is C25H17ClF2N6O3. The van der Waals surface area contributed by atoms with Crippen LogP contribution in [0.25, 0.3) is 16.9 Å². The van der Waals surface area contributed by atoms with Crippen molar-refractivity contribution in [2.24, 2.45) is 7.05 Å². The van der Waals surface area contributed by atoms with Crippen LogP contribution < -0.4 is 21.3 Å². The Morgan fingerprint density at radius 2 is 1.81 bits per heavy atom. The number of aryl methyl sites for hydroxylation is 1. The van der Waals surface area contributed by atoms with Gasteiger partial charge in [-0.3, -0.25) is 14.2 Å². The first kappa shape index (κ1) is 23.9. The SMILES string of the molecule is Cn1cnc2cc(C(=O)Nc3ccc(Oc4ccnc(N)c4Cl)c(F)c3)c(=O)n(-c3ccc(F)cc3)c21. The molecule has 0 saturated carbocycles. The molecule has 0 bridgehead atoms. The zero-order valence-corrected chi connectivity index (χ0v) is 19.8. The van der Waals surface area contributed by atoms with E-state index in [2.05, 4.69) is 15.3 Å². The van der Waals surface area contributed by atoms with Crippen LogP contribution in [0.2, 0.25) is 5.02 Å². The summed E-state index contributed by atoms with van der Waals surface area (Å²) >= 11 is 6.04. The summed E-state index contributed by atoms with van der Waals surface area (Å²) in [6.45, 7) is 0. The number of rotatable bonds is 5. The lowest BCUT2D eigenvalue weighted by Crippen LogP contribution is -2.29. The van der Waals surface area contributed by atoms with E-state index < -0.39 is 23.1 Å². The Hall–Kier alpha value is -4.77. The number of nitrogens with one attached hydrogen (secondary N) is 1. The summed E-state index contributed by atoms with van der Waals surface area (Å²) in [7, 11) is 1.69. The lowest BCUT2D eigenvalue weighted by atomic mass is 10.2. The lowest BCUT2D eigenvalue weighted by Gasteiger charge is -2.13. The van der Waals surface area contributed by atoms with Gasteiger partial charge in [0.05, 0.1) is 12.0 Å². The van der Waals surface area contributed by atoms with E-state index in [0.29, 0.717) is 16.9 Å². The van der Waals surface area contributed by atoms with Gasteiger partial charge in [0.2, 0.25) is 0 Å². The average molecular weight is 523 g/mol. The first-order valence-electron chi connectivity index (χ1n) is 10.7. The molecular weight excluding hydrogens is 506 g/mol. The molecule has 1 amide bonds. The monoisotopic (exact) mass is 522 g/mol. The zero-order valence-electron chi connectivity index (χ0n) is 19.1. The number of nitrogens with zero attached hydrogens (tertiary/aromatic N) is 4. The highest BCUT2D eigenvalue weighted by Gasteiger charge is 2.20. The van der Waals surface area contributed by atoms with Gasteiger partial charge in [-0.2, -0.15) is 0 Å². The van der Waals surface area contributed by atoms with Crippen LogP contribution in [0.5, 0.6) is 11.5 Å². The molecule has 186 valence electrons. The molecule has 0 fully saturated rings. The van der Waals surface area contributed by atoms with E-state index in [1.807, 2.05) is 0 Å². The van der Waals surface area contributed by atoms with Gasteiger partial charge in [0.1, 0.15) is 33.4 Å². The number of hydrogen-bond donors (Lipinski definition) is 2. The molecule has 3 N–H and O–H groups in total. The summed E-state index contributed by atoms with van der Waals surface area (Å²) in [6.07, 6.45) is 2.85. The maximum absolute atomic E-state index is 14.8. The number of carbonyl (C=O) groups is 1. The van der Waals surface area contributed by atoms with E-state index in [-0.39, 0.29) is 33.6 Å². The third-order valence-electron chi connectivity index (χ3n) is 5.48. The minimum atomic E-state index is -0.798. The second-order valence-corrected chi connectivity index (χ2v) is 8.33. The number of aromatic nitrogens is 4. The minimum absolute atomic E-state index is 0.0274. The minimum Gasteiger partial charge on any atom is -0.453 e. The number of hydrogen-bond acceptors (Lipinski definition) is 6. The number of pyridine rings is 2. The van der Waals surface area contributed by atoms with Crippen molar-refractivity contribution in [3.05, 3.63) is 99.7 Å². The predicted octanol–water partition coefficient (Wildman–Crippen LogP) is 4.68. The van der Waals surface area contributed by atoms with Crippen molar-refractivity contribution in [3.8, 4) is 17.2 Å². The van der Waals surface area contributed by atoms with Gasteiger partial charge in [-0.15, -0.1) is 0 Å². The molecule has 0 unspecified atom stereocenters. The Labute approximate surface area is 212 Å². The fourth-order valence-corrected chi connectivity index (χ4v) is 3.87. The molecule has 0 saturated heterocycles. The van der Waals surface area contributed by atoms with Crippen LogP contribution in [0.3, 0.4) is 0 Å². The quantitative estimate of drug-likeness (QED) is 0.346. The summed E-state index contributed by atoms with van der Waals surface area (Å²) in [5.74, 6) is -2.09. The van der Waals surface area contributed by atoms with E-state index >= 15 is 0 Å². The third-order valence-corrected chi connectivity index (χ3v) is 5.86. The predicted molar refractivity (Wildman–Crippen MR) is 134 cm³/mol. The molecule has 3 heterocycles. The highest BCUT2D eigenvalue weighted by atomic mass is 35.5. The number of ether oxygens (including phenoxy) is 1. The average Bonchev–Trinajstić information content (AvgIpc) is 3.24. The van der Waals surface area contributed by atoms with Gasteiger partial charge in [0.25, 0.3) is 11.5 Å². The summed E-state index contributed by atoms with van der Waals surface area (Å²) in [5, 5.41) is 2.54. The molecule has 2 aromatic carbocycles. The van der Waals surface area contributed by atoms with Gasteiger partial charge >= 0.3 is 0 Å². The van der Waals surface area contributed by atoms with Crippen LogP contribution in [0.15, 0.2) is 71.9 Å². The topological polar surface area (TPSA) is 117 Å². The number of nitrogen functional groups attached to an aromatic ring is 1. The molecule has 3 aromatic heterocycles. The smallest absolute Gasteiger partial charge is 0.269 e. The molecule has 0 aliphatic carbocycles. The van der Waals surface area contributed by atoms with Crippen LogP contribution in [-0.4, -0.2) is 25.0 Å². The standard InChI is InChI=1S/C25H17ClF2N6O3/c1-33-12-31-18-11-16(25(36)34(24(18)33)15-5-2-13(27)3-6-15)23(35)32-14-4-7-19(17(28)10-14)37-20-8-9-30-22(29)21(20)26/h2-12H,1H3,(H2,29,30)(H,32,35). The molecule has 0 aliphatic heterocycles. The summed E-state index contributed by atoms with van der Waals surface area (Å²) in [6, 6.07) is 11.7. The summed E-state index contributed by atoms with van der Waals surface area (Å²) in [4.78, 5) is 34.5. The molecule has 12 heteroatoms. The van der Waals surface area contributed by atoms with Gasteiger partial charge in [-0.05, 0) is 42.5 Å². The highest BCUT2D eigenvalue weighted by Crippen LogP contribution is 2.34. The number of imidazole rings is 1. The van der Waals surface area contributed by atoms with E-state index in [1.54, 1.807) is 11.6 Å². The van der Waals surface area contributed by atoms with Crippen molar-refractivity contribution in [2.45, 2.75) is 0 Å². The van der Waals surface area contributed by atoms with Gasteiger partial charge in [-0.1, -0.05) is 11.6 Å². The molecule has 5 rings (SSSR count). The second-order valence-electron chi connectivity index (χ2n) is 7.95. The third kappa shape index (κ3) is 4.47. The molecule has 0 radical (unpaired) electrons. The lowest BCUT2D eigenvalue weighted by molar-refractivity contribution is 0.102. The Kier molecular flexibility index (Phi) is 6.06. The van der Waals surface area contributed by atoms with Gasteiger partial charge in [0.15, 0.2) is 17.3 Å². The number of anilines is 2. The number of benzene rings is 2. The van der Waals surface area contributed by atoms with Gasteiger partial charge in [0, 0.05) is 31.1 Å². The highest BCUT2D eigenvalue weighted by molar-refractivity contribution is 6.34. The first-order valence-corrected chi connectivity index (χ1v) is 11.1. The molecule has 0 atom stereocenters. The van der Waals surface area contributed by atoms with Gasteiger partial charge in [-0.25, -0.2) is 18.7 Å². The number of nitrogens with two attached hydrogens (primary N) is 1. The number of carbonyl (C=O) groups excluding carboxylic acids is 1. The van der Waals surface area contributed by atoms with E-state index in [1.165, 1.54) is 65.6 Å². The van der Waals surface area contributed by atoms with E-state index in [4.69, 9.17) is 22.1 Å². The fraction of sp³-hybridized carbons (Fsp3) is 0.0400. The molecule has 0 aliphatic rings. The zero-order chi connectivity index (χ0) is 26.3. The van der Waals surface area contributed by atoms with Crippen LogP contribution in [0, 0.1) is 11.6 Å². The van der Waals surface area contributed by atoms with Crippen LogP contribution in [-0.2, 0) is 7.05 Å². The molecule has 9 nitrogen and oxygen atoms in total. The Bertz CT molecular complexity index is 1730. The Morgan fingerprint density at radius 1 is 1.05 bits per heavy atom. The first-order chi connectivity index (χ1) is 17.7. The van der Waals surface area contributed by atoms with Crippen molar-refractivity contribution >= 4 is 40.2 Å². The molecule has 0 spiro atoms. The second kappa shape index (κ2) is 9.36. The van der Waals surface area contributed by atoms with Crippen molar-refractivity contribution in [1.29, 1.82) is 0 Å². The number of halogens is 3. The van der Waals surface area contributed by atoms with Crippen molar-refractivity contribution in [2.75, 3.05) is 11.1 Å². The number of amides is 1. The fourth-order valence-electron chi connectivity index (χ4n) is 3.72. The Balaban J connectivity index is 1.47. The summed E-state index contributed by atoms with van der Waals surface area (Å²) < 4.78 is 36.6. The Morgan fingerprint density at radius 3 is 2.54 bits per heavy atom.